The Morgan fingerprint density at radius 1 is 1.08 bits per heavy atom. The third kappa shape index (κ3) is 3.63. The number of pyridine rings is 1. The predicted molar refractivity (Wildman–Crippen MR) is 104 cm³/mol. The molecule has 0 saturated carbocycles. The highest BCUT2D eigenvalue weighted by Gasteiger charge is 2.12. The number of anilines is 2. The molecule has 128 valence electrons. The number of nitrogens with zero attached hydrogens (tertiary/aromatic N) is 2. The first kappa shape index (κ1) is 17.0. The molecule has 0 fully saturated rings. The zero-order valence-electron chi connectivity index (χ0n) is 14.9. The van der Waals surface area contributed by atoms with Gasteiger partial charge in [-0.1, -0.05) is 18.2 Å². The van der Waals surface area contributed by atoms with Crippen LogP contribution in [0.4, 0.5) is 11.4 Å². The minimum atomic E-state index is -0.145. The first-order chi connectivity index (χ1) is 12.1. The summed E-state index contributed by atoms with van der Waals surface area (Å²) in [5.74, 6) is -0.145. The molecule has 2 aromatic carbocycles. The van der Waals surface area contributed by atoms with Crippen molar-refractivity contribution in [3.63, 3.8) is 0 Å². The first-order valence-corrected chi connectivity index (χ1v) is 8.62. The molecule has 0 unspecified atom stereocenters. The van der Waals surface area contributed by atoms with Gasteiger partial charge in [0.05, 0.1) is 11.1 Å². The van der Waals surface area contributed by atoms with E-state index >= 15 is 0 Å². The van der Waals surface area contributed by atoms with Crippen LogP contribution in [0.2, 0.25) is 0 Å². The van der Waals surface area contributed by atoms with E-state index < -0.39 is 0 Å². The van der Waals surface area contributed by atoms with Crippen molar-refractivity contribution in [2.75, 3.05) is 16.8 Å². The molecule has 0 bridgehead atoms. The molecule has 0 aliphatic heterocycles. The Morgan fingerprint density at radius 3 is 2.48 bits per heavy atom. The third-order valence-electron chi connectivity index (χ3n) is 4.30. The quantitative estimate of drug-likeness (QED) is 0.734. The van der Waals surface area contributed by atoms with Crippen LogP contribution in [0.5, 0.6) is 0 Å². The predicted octanol–water partition coefficient (Wildman–Crippen LogP) is 4.72. The number of rotatable bonds is 5. The summed E-state index contributed by atoms with van der Waals surface area (Å²) in [5, 5.41) is 3.93. The van der Waals surface area contributed by atoms with Crippen molar-refractivity contribution in [3.8, 4) is 0 Å². The van der Waals surface area contributed by atoms with Crippen molar-refractivity contribution in [1.82, 2.24) is 4.98 Å². The van der Waals surface area contributed by atoms with Gasteiger partial charge in [0.2, 0.25) is 0 Å². The lowest BCUT2D eigenvalue weighted by Gasteiger charge is -2.27. The van der Waals surface area contributed by atoms with Crippen LogP contribution in [0.25, 0.3) is 10.9 Å². The second kappa shape index (κ2) is 7.34. The molecule has 1 amide bonds. The molecule has 4 heteroatoms. The monoisotopic (exact) mass is 333 g/mol. The Morgan fingerprint density at radius 2 is 1.80 bits per heavy atom. The fourth-order valence-corrected chi connectivity index (χ4v) is 3.07. The fourth-order valence-electron chi connectivity index (χ4n) is 3.07. The summed E-state index contributed by atoms with van der Waals surface area (Å²) < 4.78 is 0. The highest BCUT2D eigenvalue weighted by Crippen LogP contribution is 2.21. The summed E-state index contributed by atoms with van der Waals surface area (Å²) in [5.41, 5.74) is 3.24. The number of carbonyl (C=O) groups excluding carboxylic acids is 1. The van der Waals surface area contributed by atoms with Gasteiger partial charge < -0.3 is 10.2 Å². The second-order valence-corrected chi connectivity index (χ2v) is 6.26. The number of aromatic nitrogens is 1. The molecule has 0 spiro atoms. The van der Waals surface area contributed by atoms with Crippen LogP contribution in [0.15, 0.2) is 60.8 Å². The lowest BCUT2D eigenvalue weighted by atomic mass is 10.1. The molecule has 1 N–H and O–H groups in total. The highest BCUT2D eigenvalue weighted by atomic mass is 16.1. The van der Waals surface area contributed by atoms with Crippen molar-refractivity contribution in [3.05, 3.63) is 66.4 Å². The van der Waals surface area contributed by atoms with Crippen molar-refractivity contribution in [2.45, 2.75) is 26.8 Å². The van der Waals surface area contributed by atoms with Crippen LogP contribution in [0.1, 0.15) is 31.1 Å². The molecule has 0 saturated heterocycles. The molecule has 3 rings (SSSR count). The van der Waals surface area contributed by atoms with Gasteiger partial charge in [0.1, 0.15) is 0 Å². The minimum Gasteiger partial charge on any atom is -0.369 e. The number of carbonyl (C=O) groups is 1. The summed E-state index contributed by atoms with van der Waals surface area (Å²) in [6.07, 6.45) is 1.71. The fraction of sp³-hybridized carbons (Fsp3) is 0.238. The number of amides is 1. The summed E-state index contributed by atoms with van der Waals surface area (Å²) in [6, 6.07) is 17.9. The van der Waals surface area contributed by atoms with Gasteiger partial charge >= 0.3 is 0 Å². The Bertz CT molecular complexity index is 866. The average Bonchev–Trinajstić information content (AvgIpc) is 2.63. The Balaban J connectivity index is 1.81. The number of para-hydroxylation sites is 1. The first-order valence-electron chi connectivity index (χ1n) is 8.62. The molecule has 0 aliphatic rings. The van der Waals surface area contributed by atoms with Crippen molar-refractivity contribution < 1.29 is 4.79 Å². The average molecular weight is 333 g/mol. The van der Waals surface area contributed by atoms with Crippen LogP contribution >= 0.6 is 0 Å². The van der Waals surface area contributed by atoms with E-state index in [0.29, 0.717) is 11.6 Å². The van der Waals surface area contributed by atoms with Gasteiger partial charge in [0.15, 0.2) is 0 Å². The Kier molecular flexibility index (Phi) is 4.98. The molecule has 3 aromatic rings. The van der Waals surface area contributed by atoms with Crippen molar-refractivity contribution >= 4 is 28.2 Å². The van der Waals surface area contributed by atoms with E-state index in [9.17, 15) is 4.79 Å². The van der Waals surface area contributed by atoms with Gasteiger partial charge in [-0.25, -0.2) is 0 Å². The van der Waals surface area contributed by atoms with E-state index in [2.05, 4.69) is 36.0 Å². The molecule has 1 heterocycles. The SMILES string of the molecule is CCN(c1ccc(NC(=O)c2cccc3cccnc23)cc1)C(C)C. The van der Waals surface area contributed by atoms with Gasteiger partial charge in [-0.05, 0) is 57.2 Å². The van der Waals surface area contributed by atoms with Crippen LogP contribution in [0.3, 0.4) is 0 Å². The molecular formula is C21H23N3O. The summed E-state index contributed by atoms with van der Waals surface area (Å²) >= 11 is 0. The topological polar surface area (TPSA) is 45.2 Å². The maximum absolute atomic E-state index is 12.6. The molecular weight excluding hydrogens is 310 g/mol. The number of hydrogen-bond acceptors (Lipinski definition) is 3. The molecule has 0 aliphatic carbocycles. The van der Waals surface area contributed by atoms with E-state index in [-0.39, 0.29) is 5.91 Å². The zero-order valence-corrected chi connectivity index (χ0v) is 14.9. The highest BCUT2D eigenvalue weighted by molar-refractivity contribution is 6.11. The number of fused-ring (bicyclic) bond motifs is 1. The van der Waals surface area contributed by atoms with Crippen molar-refractivity contribution in [2.24, 2.45) is 0 Å². The Labute approximate surface area is 148 Å². The molecule has 0 radical (unpaired) electrons. The minimum absolute atomic E-state index is 0.145. The molecule has 1 aromatic heterocycles. The van der Waals surface area contributed by atoms with Gasteiger partial charge in [-0.3, -0.25) is 9.78 Å². The van der Waals surface area contributed by atoms with Gasteiger partial charge in [0.25, 0.3) is 5.91 Å². The maximum Gasteiger partial charge on any atom is 0.257 e. The van der Waals surface area contributed by atoms with E-state index in [0.717, 1.165) is 28.8 Å². The van der Waals surface area contributed by atoms with Gasteiger partial charge in [-0.2, -0.15) is 0 Å². The summed E-state index contributed by atoms with van der Waals surface area (Å²) in [6.45, 7) is 7.44. The van der Waals surface area contributed by atoms with E-state index in [1.54, 1.807) is 12.3 Å². The smallest absolute Gasteiger partial charge is 0.257 e. The van der Waals surface area contributed by atoms with Crippen molar-refractivity contribution in [1.29, 1.82) is 0 Å². The number of benzene rings is 2. The zero-order chi connectivity index (χ0) is 17.8. The number of nitrogens with one attached hydrogen (secondary N) is 1. The summed E-state index contributed by atoms with van der Waals surface area (Å²) in [4.78, 5) is 19.3. The normalized spacial score (nSPS) is 10.9. The number of hydrogen-bond donors (Lipinski definition) is 1. The van der Waals surface area contributed by atoms with Crippen LogP contribution in [-0.4, -0.2) is 23.5 Å². The standard InChI is InChI=1S/C21H23N3O/c1-4-24(15(2)3)18-12-10-17(11-13-18)23-21(25)19-9-5-7-16-8-6-14-22-20(16)19/h5-15H,4H2,1-3H3,(H,23,25). The van der Waals surface area contributed by atoms with Crippen LogP contribution in [-0.2, 0) is 0 Å². The third-order valence-corrected chi connectivity index (χ3v) is 4.30. The van der Waals surface area contributed by atoms with Crippen LogP contribution in [0, 0.1) is 0 Å². The van der Waals surface area contributed by atoms with E-state index in [1.807, 2.05) is 48.5 Å². The van der Waals surface area contributed by atoms with Gasteiger partial charge in [0, 0.05) is 35.5 Å². The second-order valence-electron chi connectivity index (χ2n) is 6.26. The van der Waals surface area contributed by atoms with Crippen LogP contribution < -0.4 is 10.2 Å². The molecule has 25 heavy (non-hydrogen) atoms. The maximum atomic E-state index is 12.6. The molecule has 0 atom stereocenters. The Hall–Kier alpha value is -2.88. The lowest BCUT2D eigenvalue weighted by molar-refractivity contribution is 0.102. The molecule has 4 nitrogen and oxygen atoms in total. The lowest BCUT2D eigenvalue weighted by Crippen LogP contribution is -2.30. The van der Waals surface area contributed by atoms with Gasteiger partial charge in [-0.15, -0.1) is 0 Å². The van der Waals surface area contributed by atoms with E-state index in [4.69, 9.17) is 0 Å². The largest absolute Gasteiger partial charge is 0.369 e. The summed E-state index contributed by atoms with van der Waals surface area (Å²) in [7, 11) is 0. The van der Waals surface area contributed by atoms with E-state index in [1.165, 1.54) is 0 Å².